The maximum Gasteiger partial charge on any atom is 0.255 e. The Morgan fingerprint density at radius 2 is 2.05 bits per heavy atom. The molecule has 3 N–H and O–H groups in total. The van der Waals surface area contributed by atoms with Crippen molar-refractivity contribution in [2.45, 2.75) is 6.92 Å². The first-order chi connectivity index (χ1) is 10.1. The number of nitrogens with one attached hydrogen (secondary N) is 1. The fourth-order valence-corrected chi connectivity index (χ4v) is 2.37. The summed E-state index contributed by atoms with van der Waals surface area (Å²) in [5, 5.41) is 4.88. The highest BCUT2D eigenvalue weighted by molar-refractivity contribution is 6.09. The van der Waals surface area contributed by atoms with Crippen molar-refractivity contribution in [3.8, 4) is 0 Å². The van der Waals surface area contributed by atoms with Gasteiger partial charge in [-0.3, -0.25) is 9.78 Å². The van der Waals surface area contributed by atoms with E-state index in [0.717, 1.165) is 22.0 Å². The van der Waals surface area contributed by atoms with Gasteiger partial charge in [-0.1, -0.05) is 12.1 Å². The number of carbonyl (C=O) groups is 1. The van der Waals surface area contributed by atoms with Gasteiger partial charge in [0.2, 0.25) is 0 Å². The van der Waals surface area contributed by atoms with E-state index < -0.39 is 0 Å². The van der Waals surface area contributed by atoms with Crippen molar-refractivity contribution in [2.75, 3.05) is 11.1 Å². The van der Waals surface area contributed by atoms with Gasteiger partial charge in [0.1, 0.15) is 0 Å². The van der Waals surface area contributed by atoms with Gasteiger partial charge in [0, 0.05) is 40.1 Å². The number of nitrogens with zero attached hydrogens (tertiary/aromatic N) is 1. The number of nitrogens with two attached hydrogens (primary N) is 1. The van der Waals surface area contributed by atoms with E-state index in [1.165, 1.54) is 0 Å². The molecule has 1 heterocycles. The first kappa shape index (κ1) is 13.1. The molecule has 1 aromatic heterocycles. The Bertz CT molecular complexity index is 802. The van der Waals surface area contributed by atoms with Gasteiger partial charge in [-0.2, -0.15) is 0 Å². The van der Waals surface area contributed by atoms with Crippen LogP contribution in [0.1, 0.15) is 15.9 Å². The highest BCUT2D eigenvalue weighted by Crippen LogP contribution is 2.23. The lowest BCUT2D eigenvalue weighted by Gasteiger charge is -2.09. The predicted octanol–water partition coefficient (Wildman–Crippen LogP) is 3.38. The molecule has 3 rings (SSSR count). The molecule has 0 spiro atoms. The van der Waals surface area contributed by atoms with E-state index in [2.05, 4.69) is 10.3 Å². The van der Waals surface area contributed by atoms with Gasteiger partial charge >= 0.3 is 0 Å². The van der Waals surface area contributed by atoms with Gasteiger partial charge in [-0.15, -0.1) is 0 Å². The Morgan fingerprint density at radius 1 is 1.19 bits per heavy atom. The summed E-state index contributed by atoms with van der Waals surface area (Å²) in [7, 11) is 0. The first-order valence-electron chi connectivity index (χ1n) is 6.65. The minimum absolute atomic E-state index is 0.172. The maximum atomic E-state index is 12.4. The van der Waals surface area contributed by atoms with Crippen molar-refractivity contribution in [3.05, 3.63) is 66.0 Å². The number of hydrogen-bond donors (Lipinski definition) is 2. The number of carbonyl (C=O) groups excluding carboxylic acids is 1. The lowest BCUT2D eigenvalue weighted by atomic mass is 10.1. The van der Waals surface area contributed by atoms with Gasteiger partial charge in [0.05, 0.1) is 0 Å². The maximum absolute atomic E-state index is 12.4. The average molecular weight is 277 g/mol. The van der Waals surface area contributed by atoms with Crippen LogP contribution in [0.2, 0.25) is 0 Å². The van der Waals surface area contributed by atoms with Crippen molar-refractivity contribution in [1.82, 2.24) is 4.98 Å². The van der Waals surface area contributed by atoms with Crippen molar-refractivity contribution < 1.29 is 4.79 Å². The lowest BCUT2D eigenvalue weighted by molar-refractivity contribution is 0.102. The summed E-state index contributed by atoms with van der Waals surface area (Å²) in [4.78, 5) is 16.5. The van der Waals surface area contributed by atoms with Crippen LogP contribution in [0.25, 0.3) is 10.8 Å². The molecule has 21 heavy (non-hydrogen) atoms. The van der Waals surface area contributed by atoms with Gasteiger partial charge in [-0.25, -0.2) is 0 Å². The van der Waals surface area contributed by atoms with Gasteiger partial charge < -0.3 is 11.1 Å². The Morgan fingerprint density at radius 3 is 2.86 bits per heavy atom. The number of fused-ring (bicyclic) bond motifs is 1. The zero-order chi connectivity index (χ0) is 14.8. The topological polar surface area (TPSA) is 68.0 Å². The van der Waals surface area contributed by atoms with Crippen molar-refractivity contribution in [3.63, 3.8) is 0 Å². The number of anilines is 2. The molecule has 4 nitrogen and oxygen atoms in total. The van der Waals surface area contributed by atoms with Crippen LogP contribution < -0.4 is 11.1 Å². The minimum atomic E-state index is -0.172. The third-order valence-electron chi connectivity index (χ3n) is 3.29. The fourth-order valence-electron chi connectivity index (χ4n) is 2.37. The molecule has 104 valence electrons. The van der Waals surface area contributed by atoms with Gasteiger partial charge in [0.25, 0.3) is 5.91 Å². The molecule has 0 aliphatic carbocycles. The van der Waals surface area contributed by atoms with E-state index in [0.29, 0.717) is 11.3 Å². The molecule has 0 bridgehead atoms. The normalized spacial score (nSPS) is 10.5. The molecular weight excluding hydrogens is 262 g/mol. The zero-order valence-corrected chi connectivity index (χ0v) is 11.6. The molecule has 0 saturated carbocycles. The Balaban J connectivity index is 1.96. The first-order valence-corrected chi connectivity index (χ1v) is 6.65. The molecule has 0 unspecified atom stereocenters. The van der Waals surface area contributed by atoms with Crippen LogP contribution in [0.4, 0.5) is 11.4 Å². The second-order valence-electron chi connectivity index (χ2n) is 4.99. The smallest absolute Gasteiger partial charge is 0.255 e. The van der Waals surface area contributed by atoms with Crippen LogP contribution in [0.3, 0.4) is 0 Å². The van der Waals surface area contributed by atoms with E-state index in [1.807, 2.05) is 43.3 Å². The third-order valence-corrected chi connectivity index (χ3v) is 3.29. The van der Waals surface area contributed by atoms with E-state index in [-0.39, 0.29) is 5.91 Å². The number of nitrogen functional groups attached to an aromatic ring is 1. The molecule has 0 radical (unpaired) electrons. The molecule has 0 aliphatic heterocycles. The van der Waals surface area contributed by atoms with E-state index >= 15 is 0 Å². The Kier molecular flexibility index (Phi) is 3.28. The SMILES string of the molecule is Cc1cc(N)cc(C(=O)Nc2cccc3cnccc23)c1. The van der Waals surface area contributed by atoms with Crippen LogP contribution in [0, 0.1) is 6.92 Å². The number of pyridine rings is 1. The summed E-state index contributed by atoms with van der Waals surface area (Å²) in [6, 6.07) is 12.9. The Labute approximate surface area is 122 Å². The number of rotatable bonds is 2. The largest absolute Gasteiger partial charge is 0.399 e. The monoisotopic (exact) mass is 277 g/mol. The molecule has 0 aliphatic rings. The molecule has 3 aromatic rings. The van der Waals surface area contributed by atoms with Crippen molar-refractivity contribution in [1.29, 1.82) is 0 Å². The number of benzene rings is 2. The van der Waals surface area contributed by atoms with Crippen LogP contribution in [0.5, 0.6) is 0 Å². The summed E-state index contributed by atoms with van der Waals surface area (Å²) < 4.78 is 0. The lowest BCUT2D eigenvalue weighted by Crippen LogP contribution is -2.12. The molecule has 1 amide bonds. The number of aryl methyl sites for hydroxylation is 1. The second kappa shape index (κ2) is 5.25. The number of hydrogen-bond acceptors (Lipinski definition) is 3. The summed E-state index contributed by atoms with van der Waals surface area (Å²) in [6.45, 7) is 1.91. The summed E-state index contributed by atoms with van der Waals surface area (Å²) in [5.41, 5.74) is 8.66. The van der Waals surface area contributed by atoms with Crippen LogP contribution in [0.15, 0.2) is 54.9 Å². The minimum Gasteiger partial charge on any atom is -0.399 e. The number of amides is 1. The third kappa shape index (κ3) is 2.69. The van der Waals surface area contributed by atoms with Gasteiger partial charge in [0.15, 0.2) is 0 Å². The Hall–Kier alpha value is -2.88. The zero-order valence-electron chi connectivity index (χ0n) is 11.6. The van der Waals surface area contributed by atoms with E-state index in [1.54, 1.807) is 18.5 Å². The predicted molar refractivity (Wildman–Crippen MR) is 85.3 cm³/mol. The van der Waals surface area contributed by atoms with E-state index in [4.69, 9.17) is 5.73 Å². The molecular formula is C17H15N3O. The summed E-state index contributed by atoms with van der Waals surface area (Å²) in [5.74, 6) is -0.172. The van der Waals surface area contributed by atoms with Crippen LogP contribution >= 0.6 is 0 Å². The van der Waals surface area contributed by atoms with Gasteiger partial charge in [-0.05, 0) is 42.8 Å². The molecule has 0 fully saturated rings. The molecule has 4 heteroatoms. The quantitative estimate of drug-likeness (QED) is 0.706. The highest BCUT2D eigenvalue weighted by Gasteiger charge is 2.09. The van der Waals surface area contributed by atoms with E-state index in [9.17, 15) is 4.79 Å². The number of aromatic nitrogens is 1. The van der Waals surface area contributed by atoms with Crippen molar-refractivity contribution in [2.24, 2.45) is 0 Å². The standard InChI is InChI=1S/C17H15N3O/c1-11-7-13(9-14(18)8-11)17(21)20-16-4-2-3-12-10-19-6-5-15(12)16/h2-10H,18H2,1H3,(H,20,21). The molecule has 0 saturated heterocycles. The summed E-state index contributed by atoms with van der Waals surface area (Å²) >= 11 is 0. The summed E-state index contributed by atoms with van der Waals surface area (Å²) in [6.07, 6.45) is 3.48. The second-order valence-corrected chi connectivity index (χ2v) is 4.99. The van der Waals surface area contributed by atoms with Crippen molar-refractivity contribution >= 4 is 28.1 Å². The fraction of sp³-hybridized carbons (Fsp3) is 0.0588. The molecule has 2 aromatic carbocycles. The highest BCUT2D eigenvalue weighted by atomic mass is 16.1. The average Bonchev–Trinajstić information content (AvgIpc) is 2.46. The van der Waals surface area contributed by atoms with Crippen LogP contribution in [-0.2, 0) is 0 Å². The molecule has 0 atom stereocenters. The van der Waals surface area contributed by atoms with Crippen LogP contribution in [-0.4, -0.2) is 10.9 Å².